The molecule has 0 saturated carbocycles. The summed E-state index contributed by atoms with van der Waals surface area (Å²) < 4.78 is 1.43. The molecule has 1 heterocycles. The Morgan fingerprint density at radius 2 is 2.24 bits per heavy atom. The first-order valence-electron chi connectivity index (χ1n) is 4.56. The number of aromatic nitrogens is 2. The number of hydrogen-bond donors (Lipinski definition) is 0. The van der Waals surface area contributed by atoms with Gasteiger partial charge in [-0.2, -0.15) is 5.10 Å². The number of aldehydes is 1. The van der Waals surface area contributed by atoms with E-state index in [-0.39, 0.29) is 11.3 Å². The van der Waals surface area contributed by atoms with Crippen LogP contribution in [0, 0.1) is 10.1 Å². The van der Waals surface area contributed by atoms with Crippen molar-refractivity contribution in [2.45, 2.75) is 0 Å². The van der Waals surface area contributed by atoms with Crippen LogP contribution in [0.5, 0.6) is 0 Å². The fraction of sp³-hybridized carbons (Fsp3) is 0. The number of carbonyl (C=O) groups excluding carboxylic acids is 1. The third kappa shape index (κ3) is 2.16. The zero-order valence-electron chi connectivity index (χ0n) is 8.41. The van der Waals surface area contributed by atoms with Crippen molar-refractivity contribution in [3.8, 4) is 5.69 Å². The molecule has 7 heteroatoms. The average molecular weight is 252 g/mol. The highest BCUT2D eigenvalue weighted by molar-refractivity contribution is 6.30. The summed E-state index contributed by atoms with van der Waals surface area (Å²) in [7, 11) is 0. The second-order valence-electron chi connectivity index (χ2n) is 3.22. The Morgan fingerprint density at radius 1 is 1.47 bits per heavy atom. The van der Waals surface area contributed by atoms with Crippen molar-refractivity contribution in [2.24, 2.45) is 0 Å². The molecule has 1 aromatic heterocycles. The third-order valence-corrected chi connectivity index (χ3v) is 2.35. The van der Waals surface area contributed by atoms with Gasteiger partial charge in [-0.3, -0.25) is 14.9 Å². The molecule has 6 nitrogen and oxygen atoms in total. The average Bonchev–Trinajstić information content (AvgIpc) is 2.75. The first-order chi connectivity index (χ1) is 8.11. The molecule has 17 heavy (non-hydrogen) atoms. The lowest BCUT2D eigenvalue weighted by molar-refractivity contribution is -0.385. The molecule has 0 aliphatic carbocycles. The van der Waals surface area contributed by atoms with E-state index < -0.39 is 4.92 Å². The van der Waals surface area contributed by atoms with Crippen LogP contribution in [0.4, 0.5) is 5.69 Å². The topological polar surface area (TPSA) is 78.0 Å². The molecule has 0 spiro atoms. The molecule has 0 bridgehead atoms. The van der Waals surface area contributed by atoms with Gasteiger partial charge in [-0.15, -0.1) is 0 Å². The van der Waals surface area contributed by atoms with Crippen molar-refractivity contribution in [1.29, 1.82) is 0 Å². The van der Waals surface area contributed by atoms with E-state index in [0.717, 1.165) is 0 Å². The standard InChI is InChI=1S/C10H6ClN3O3/c11-8-4-12-13(5-8)9-1-2-10(14(16)17)7(3-9)6-15/h1-6H. The zero-order valence-corrected chi connectivity index (χ0v) is 9.16. The van der Waals surface area contributed by atoms with Crippen molar-refractivity contribution in [3.63, 3.8) is 0 Å². The number of halogens is 1. The van der Waals surface area contributed by atoms with Gasteiger partial charge in [0.2, 0.25) is 0 Å². The van der Waals surface area contributed by atoms with Gasteiger partial charge in [0.25, 0.3) is 5.69 Å². The minimum absolute atomic E-state index is 0.000813. The quantitative estimate of drug-likeness (QED) is 0.476. The molecule has 2 aromatic rings. The van der Waals surface area contributed by atoms with Crippen LogP contribution in [0.3, 0.4) is 0 Å². The van der Waals surface area contributed by atoms with E-state index in [0.29, 0.717) is 17.0 Å². The molecular formula is C10H6ClN3O3. The maximum atomic E-state index is 10.8. The number of nitrogens with zero attached hydrogens (tertiary/aromatic N) is 3. The van der Waals surface area contributed by atoms with E-state index in [1.165, 1.54) is 35.3 Å². The Bertz CT molecular complexity index is 594. The molecule has 1 aromatic carbocycles. The number of rotatable bonds is 3. The van der Waals surface area contributed by atoms with Crippen LogP contribution in [0.25, 0.3) is 5.69 Å². The third-order valence-electron chi connectivity index (χ3n) is 2.15. The molecule has 0 aliphatic rings. The maximum absolute atomic E-state index is 10.8. The first kappa shape index (κ1) is 11.3. The molecule has 0 atom stereocenters. The summed E-state index contributed by atoms with van der Waals surface area (Å²) in [6.45, 7) is 0. The highest BCUT2D eigenvalue weighted by atomic mass is 35.5. The first-order valence-corrected chi connectivity index (χ1v) is 4.94. The van der Waals surface area contributed by atoms with Crippen LogP contribution in [0.1, 0.15) is 10.4 Å². The van der Waals surface area contributed by atoms with Crippen molar-refractivity contribution in [1.82, 2.24) is 9.78 Å². The smallest absolute Gasteiger partial charge is 0.280 e. The Labute approximate surface area is 101 Å². The fourth-order valence-corrected chi connectivity index (χ4v) is 1.52. The number of nitro benzene ring substituents is 1. The molecule has 86 valence electrons. The minimum Gasteiger partial charge on any atom is -0.298 e. The molecule has 0 fully saturated rings. The summed E-state index contributed by atoms with van der Waals surface area (Å²) in [5.41, 5.74) is 0.297. The van der Waals surface area contributed by atoms with Gasteiger partial charge >= 0.3 is 0 Å². The van der Waals surface area contributed by atoms with Crippen LogP contribution in [0.15, 0.2) is 30.6 Å². The maximum Gasteiger partial charge on any atom is 0.280 e. The van der Waals surface area contributed by atoms with Gasteiger partial charge in [0, 0.05) is 12.3 Å². The molecule has 0 N–H and O–H groups in total. The SMILES string of the molecule is O=Cc1cc(-n2cc(Cl)cn2)ccc1[N+](=O)[O-]. The van der Waals surface area contributed by atoms with Gasteiger partial charge in [-0.1, -0.05) is 11.6 Å². The number of hydrogen-bond acceptors (Lipinski definition) is 4. The normalized spacial score (nSPS) is 10.2. The van der Waals surface area contributed by atoms with E-state index in [1.807, 2.05) is 0 Å². The van der Waals surface area contributed by atoms with Crippen molar-refractivity contribution in [2.75, 3.05) is 0 Å². The summed E-state index contributed by atoms with van der Waals surface area (Å²) in [5, 5.41) is 15.0. The van der Waals surface area contributed by atoms with Crippen LogP contribution in [-0.4, -0.2) is 21.0 Å². The lowest BCUT2D eigenvalue weighted by Crippen LogP contribution is -1.99. The van der Waals surface area contributed by atoms with Gasteiger partial charge < -0.3 is 0 Å². The summed E-state index contributed by atoms with van der Waals surface area (Å²) >= 11 is 5.70. The summed E-state index contributed by atoms with van der Waals surface area (Å²) in [5.74, 6) is 0. The highest BCUT2D eigenvalue weighted by Crippen LogP contribution is 2.21. The van der Waals surface area contributed by atoms with Gasteiger partial charge in [0.05, 0.1) is 27.4 Å². The summed E-state index contributed by atoms with van der Waals surface area (Å²) in [6.07, 6.45) is 3.41. The molecule has 0 amide bonds. The van der Waals surface area contributed by atoms with E-state index >= 15 is 0 Å². The minimum atomic E-state index is -0.608. The van der Waals surface area contributed by atoms with E-state index in [2.05, 4.69) is 5.10 Å². The van der Waals surface area contributed by atoms with Crippen molar-refractivity contribution >= 4 is 23.6 Å². The molecule has 0 saturated heterocycles. The second kappa shape index (κ2) is 4.34. The monoisotopic (exact) mass is 251 g/mol. The van der Waals surface area contributed by atoms with Crippen LogP contribution >= 0.6 is 11.6 Å². The number of carbonyl (C=O) groups is 1. The Hall–Kier alpha value is -2.21. The number of benzene rings is 1. The lowest BCUT2D eigenvalue weighted by atomic mass is 10.2. The molecule has 0 radical (unpaired) electrons. The van der Waals surface area contributed by atoms with Gasteiger partial charge in [0.15, 0.2) is 6.29 Å². The zero-order chi connectivity index (χ0) is 12.4. The predicted molar refractivity (Wildman–Crippen MR) is 60.6 cm³/mol. The molecule has 2 rings (SSSR count). The van der Waals surface area contributed by atoms with Gasteiger partial charge in [0.1, 0.15) is 0 Å². The van der Waals surface area contributed by atoms with Crippen LogP contribution < -0.4 is 0 Å². The van der Waals surface area contributed by atoms with Crippen LogP contribution in [-0.2, 0) is 0 Å². The molecular weight excluding hydrogens is 246 g/mol. The Balaban J connectivity index is 2.52. The van der Waals surface area contributed by atoms with E-state index in [4.69, 9.17) is 11.6 Å². The van der Waals surface area contributed by atoms with Crippen LogP contribution in [0.2, 0.25) is 5.02 Å². The fourth-order valence-electron chi connectivity index (χ4n) is 1.39. The van der Waals surface area contributed by atoms with Gasteiger partial charge in [-0.05, 0) is 12.1 Å². The lowest BCUT2D eigenvalue weighted by Gasteiger charge is -2.02. The van der Waals surface area contributed by atoms with Crippen molar-refractivity contribution in [3.05, 3.63) is 51.3 Å². The van der Waals surface area contributed by atoms with Crippen molar-refractivity contribution < 1.29 is 9.72 Å². The highest BCUT2D eigenvalue weighted by Gasteiger charge is 2.14. The largest absolute Gasteiger partial charge is 0.298 e. The predicted octanol–water partition coefficient (Wildman–Crippen LogP) is 2.25. The number of nitro groups is 1. The van der Waals surface area contributed by atoms with E-state index in [1.54, 1.807) is 0 Å². The second-order valence-corrected chi connectivity index (χ2v) is 3.66. The molecule has 0 unspecified atom stereocenters. The van der Waals surface area contributed by atoms with E-state index in [9.17, 15) is 14.9 Å². The van der Waals surface area contributed by atoms with Gasteiger partial charge in [-0.25, -0.2) is 4.68 Å². The Kier molecular flexibility index (Phi) is 2.88. The summed E-state index contributed by atoms with van der Waals surface area (Å²) in [6, 6.07) is 4.14. The molecule has 0 aliphatic heterocycles. The Morgan fingerprint density at radius 3 is 2.76 bits per heavy atom. The summed E-state index contributed by atoms with van der Waals surface area (Å²) in [4.78, 5) is 20.8.